The standard InChI is InChI=1S/C17H20N4O3/c1-24-15-5-2-13(3-6-15)20-8-10-21(11-9-20)17(23)19-16-7-4-14(22)12-18-16/h2-7,12,22H,8-11H2,1H3,(H,18,19,23). The van der Waals surface area contributed by atoms with Gasteiger partial charge in [0.15, 0.2) is 0 Å². The highest BCUT2D eigenvalue weighted by Crippen LogP contribution is 2.20. The highest BCUT2D eigenvalue weighted by Gasteiger charge is 2.21. The molecule has 1 aliphatic rings. The van der Waals surface area contributed by atoms with E-state index in [0.29, 0.717) is 18.9 Å². The largest absolute Gasteiger partial charge is 0.506 e. The van der Waals surface area contributed by atoms with E-state index in [1.807, 2.05) is 24.3 Å². The Labute approximate surface area is 140 Å². The van der Waals surface area contributed by atoms with Gasteiger partial charge in [0.2, 0.25) is 0 Å². The molecule has 0 atom stereocenters. The summed E-state index contributed by atoms with van der Waals surface area (Å²) in [5.41, 5.74) is 1.12. The second-order valence-corrected chi connectivity index (χ2v) is 5.50. The minimum atomic E-state index is -0.178. The molecule has 126 valence electrons. The second kappa shape index (κ2) is 7.08. The number of nitrogens with one attached hydrogen (secondary N) is 1. The number of methoxy groups -OCH3 is 1. The van der Waals surface area contributed by atoms with Crippen molar-refractivity contribution in [2.24, 2.45) is 0 Å². The maximum atomic E-state index is 12.3. The van der Waals surface area contributed by atoms with Gasteiger partial charge in [-0.05, 0) is 36.4 Å². The summed E-state index contributed by atoms with van der Waals surface area (Å²) in [7, 11) is 1.65. The van der Waals surface area contributed by atoms with Crippen LogP contribution in [0.4, 0.5) is 16.3 Å². The Morgan fingerprint density at radius 2 is 1.83 bits per heavy atom. The van der Waals surface area contributed by atoms with Gasteiger partial charge in [-0.25, -0.2) is 9.78 Å². The number of aromatic hydroxyl groups is 1. The molecular formula is C17H20N4O3. The third kappa shape index (κ3) is 3.68. The van der Waals surface area contributed by atoms with Gasteiger partial charge in [0.05, 0.1) is 13.3 Å². The molecule has 7 heteroatoms. The van der Waals surface area contributed by atoms with E-state index in [4.69, 9.17) is 4.74 Å². The van der Waals surface area contributed by atoms with Crippen molar-refractivity contribution in [3.63, 3.8) is 0 Å². The van der Waals surface area contributed by atoms with Crippen LogP contribution in [-0.4, -0.2) is 54.3 Å². The second-order valence-electron chi connectivity index (χ2n) is 5.50. The Hall–Kier alpha value is -2.96. The molecule has 2 amide bonds. The third-order valence-electron chi connectivity index (χ3n) is 3.99. The summed E-state index contributed by atoms with van der Waals surface area (Å²) in [4.78, 5) is 20.2. The quantitative estimate of drug-likeness (QED) is 0.903. The van der Waals surface area contributed by atoms with E-state index in [9.17, 15) is 9.90 Å². The van der Waals surface area contributed by atoms with Gasteiger partial charge >= 0.3 is 6.03 Å². The average Bonchev–Trinajstić information content (AvgIpc) is 2.64. The number of ether oxygens (including phenoxy) is 1. The number of aromatic nitrogens is 1. The number of hydrogen-bond acceptors (Lipinski definition) is 5. The predicted octanol–water partition coefficient (Wildman–Crippen LogP) is 2.15. The molecule has 0 bridgehead atoms. The van der Waals surface area contributed by atoms with Crippen LogP contribution in [0.25, 0.3) is 0 Å². The van der Waals surface area contributed by atoms with Crippen LogP contribution in [0.3, 0.4) is 0 Å². The van der Waals surface area contributed by atoms with E-state index in [1.165, 1.54) is 12.3 Å². The first-order valence-corrected chi connectivity index (χ1v) is 7.75. The van der Waals surface area contributed by atoms with E-state index in [2.05, 4.69) is 15.2 Å². The van der Waals surface area contributed by atoms with Crippen LogP contribution in [0.2, 0.25) is 0 Å². The van der Waals surface area contributed by atoms with Gasteiger partial charge in [0.1, 0.15) is 17.3 Å². The fraction of sp³-hybridized carbons (Fsp3) is 0.294. The molecule has 1 aliphatic heterocycles. The van der Waals surface area contributed by atoms with E-state index < -0.39 is 0 Å². The summed E-state index contributed by atoms with van der Waals surface area (Å²) < 4.78 is 5.17. The maximum absolute atomic E-state index is 12.3. The molecule has 1 aromatic heterocycles. The summed E-state index contributed by atoms with van der Waals surface area (Å²) in [5.74, 6) is 1.33. The lowest BCUT2D eigenvalue weighted by Crippen LogP contribution is -2.50. The van der Waals surface area contributed by atoms with Crippen molar-refractivity contribution in [2.75, 3.05) is 43.5 Å². The molecule has 7 nitrogen and oxygen atoms in total. The molecule has 24 heavy (non-hydrogen) atoms. The first-order chi connectivity index (χ1) is 11.7. The number of pyridine rings is 1. The number of carbonyl (C=O) groups is 1. The van der Waals surface area contributed by atoms with E-state index in [-0.39, 0.29) is 11.8 Å². The summed E-state index contributed by atoms with van der Waals surface area (Å²) in [6.45, 7) is 2.80. The minimum Gasteiger partial charge on any atom is -0.506 e. The molecule has 2 heterocycles. The third-order valence-corrected chi connectivity index (χ3v) is 3.99. The van der Waals surface area contributed by atoms with Gasteiger partial charge < -0.3 is 19.6 Å². The van der Waals surface area contributed by atoms with Gasteiger partial charge in [-0.3, -0.25) is 5.32 Å². The highest BCUT2D eigenvalue weighted by molar-refractivity contribution is 5.88. The number of hydrogen-bond donors (Lipinski definition) is 2. The van der Waals surface area contributed by atoms with Crippen LogP contribution in [0, 0.1) is 0 Å². The molecule has 1 aromatic carbocycles. The number of piperazine rings is 1. The van der Waals surface area contributed by atoms with Gasteiger partial charge in [0.25, 0.3) is 0 Å². The Morgan fingerprint density at radius 3 is 2.42 bits per heavy atom. The van der Waals surface area contributed by atoms with Gasteiger partial charge in [-0.2, -0.15) is 0 Å². The normalized spacial score (nSPS) is 14.4. The summed E-state index contributed by atoms with van der Waals surface area (Å²) in [5, 5.41) is 11.9. The summed E-state index contributed by atoms with van der Waals surface area (Å²) in [6, 6.07) is 10.8. The topological polar surface area (TPSA) is 77.9 Å². The lowest BCUT2D eigenvalue weighted by molar-refractivity contribution is 0.208. The van der Waals surface area contributed by atoms with Crippen molar-refractivity contribution in [1.29, 1.82) is 0 Å². The SMILES string of the molecule is COc1ccc(N2CCN(C(=O)Nc3ccc(O)cn3)CC2)cc1. The number of anilines is 2. The van der Waals surface area contributed by atoms with E-state index in [0.717, 1.165) is 24.5 Å². The van der Waals surface area contributed by atoms with Gasteiger partial charge in [-0.15, -0.1) is 0 Å². The van der Waals surface area contributed by atoms with Crippen LogP contribution < -0.4 is 15.0 Å². The molecule has 0 aliphatic carbocycles. The lowest BCUT2D eigenvalue weighted by atomic mass is 10.2. The van der Waals surface area contributed by atoms with Crippen LogP contribution in [0.5, 0.6) is 11.5 Å². The molecule has 2 aromatic rings. The molecular weight excluding hydrogens is 308 g/mol. The Kier molecular flexibility index (Phi) is 4.69. The van der Waals surface area contributed by atoms with Crippen LogP contribution in [0.1, 0.15) is 0 Å². The van der Waals surface area contributed by atoms with Crippen molar-refractivity contribution >= 4 is 17.5 Å². The monoisotopic (exact) mass is 328 g/mol. The summed E-state index contributed by atoms with van der Waals surface area (Å²) >= 11 is 0. The minimum absolute atomic E-state index is 0.0705. The number of benzene rings is 1. The zero-order valence-corrected chi connectivity index (χ0v) is 13.5. The van der Waals surface area contributed by atoms with Gasteiger partial charge in [-0.1, -0.05) is 0 Å². The molecule has 0 saturated carbocycles. The maximum Gasteiger partial charge on any atom is 0.323 e. The van der Waals surface area contributed by atoms with Crippen molar-refractivity contribution in [3.8, 4) is 11.5 Å². The van der Waals surface area contributed by atoms with E-state index in [1.54, 1.807) is 18.1 Å². The Morgan fingerprint density at radius 1 is 1.12 bits per heavy atom. The molecule has 3 rings (SSSR count). The van der Waals surface area contributed by atoms with Gasteiger partial charge in [0, 0.05) is 31.9 Å². The van der Waals surface area contributed by atoms with Crippen molar-refractivity contribution in [2.45, 2.75) is 0 Å². The first-order valence-electron chi connectivity index (χ1n) is 7.75. The Bertz CT molecular complexity index is 680. The molecule has 0 unspecified atom stereocenters. The smallest absolute Gasteiger partial charge is 0.323 e. The molecule has 2 N–H and O–H groups in total. The van der Waals surface area contributed by atoms with Crippen LogP contribution in [0.15, 0.2) is 42.6 Å². The fourth-order valence-corrected chi connectivity index (χ4v) is 2.61. The highest BCUT2D eigenvalue weighted by atomic mass is 16.5. The molecule has 0 radical (unpaired) electrons. The number of carbonyl (C=O) groups excluding carboxylic acids is 1. The average molecular weight is 328 g/mol. The molecule has 0 spiro atoms. The van der Waals surface area contributed by atoms with E-state index >= 15 is 0 Å². The van der Waals surface area contributed by atoms with Crippen molar-refractivity contribution < 1.29 is 14.6 Å². The van der Waals surface area contributed by atoms with Crippen LogP contribution in [-0.2, 0) is 0 Å². The Balaban J connectivity index is 1.54. The predicted molar refractivity (Wildman–Crippen MR) is 91.7 cm³/mol. The number of rotatable bonds is 3. The fourth-order valence-electron chi connectivity index (χ4n) is 2.61. The summed E-state index contributed by atoms with van der Waals surface area (Å²) in [6.07, 6.45) is 1.30. The zero-order valence-electron chi connectivity index (χ0n) is 13.5. The molecule has 1 fully saturated rings. The number of amides is 2. The number of urea groups is 1. The van der Waals surface area contributed by atoms with Crippen molar-refractivity contribution in [3.05, 3.63) is 42.6 Å². The number of nitrogens with zero attached hydrogens (tertiary/aromatic N) is 3. The first kappa shape index (κ1) is 15.9. The lowest BCUT2D eigenvalue weighted by Gasteiger charge is -2.36. The zero-order chi connectivity index (χ0) is 16.9. The van der Waals surface area contributed by atoms with Crippen molar-refractivity contribution in [1.82, 2.24) is 9.88 Å². The van der Waals surface area contributed by atoms with Crippen LogP contribution >= 0.6 is 0 Å². The molecule has 1 saturated heterocycles.